The molecule has 0 aliphatic heterocycles. The van der Waals surface area contributed by atoms with Crippen LogP contribution in [-0.4, -0.2) is 65.5 Å². The van der Waals surface area contributed by atoms with E-state index in [1.54, 1.807) is 0 Å². The van der Waals surface area contributed by atoms with Crippen LogP contribution < -0.4 is 0 Å². The minimum Gasteiger partial charge on any atom is -0.450 e. The van der Waals surface area contributed by atoms with E-state index in [1.807, 2.05) is 0 Å². The van der Waals surface area contributed by atoms with Crippen LogP contribution in [0.1, 0.15) is 0 Å². The van der Waals surface area contributed by atoms with Gasteiger partial charge in [0.25, 0.3) is 0 Å². The Labute approximate surface area is 178 Å². The molecule has 0 fully saturated rings. The molecule has 0 aromatic heterocycles. The van der Waals surface area contributed by atoms with Gasteiger partial charge in [0.2, 0.25) is 0 Å². The van der Waals surface area contributed by atoms with Gasteiger partial charge in [-0.15, -0.1) is 0 Å². The van der Waals surface area contributed by atoms with E-state index in [1.165, 1.54) is 32.3 Å². The Morgan fingerprint density at radius 3 is 0.688 bits per heavy atom. The SMILES string of the molecule is O=C(O)O.O=C(O)O.O=C(O)O.O=C(O)O.c1cc2ccc3cccc4ccc(c1)c2c34. The van der Waals surface area contributed by atoms with Gasteiger partial charge >= 0.3 is 24.6 Å². The van der Waals surface area contributed by atoms with Crippen LogP contribution in [0.5, 0.6) is 0 Å². The molecule has 32 heavy (non-hydrogen) atoms. The van der Waals surface area contributed by atoms with Crippen molar-refractivity contribution in [3.05, 3.63) is 60.7 Å². The Morgan fingerprint density at radius 1 is 0.375 bits per heavy atom. The molecule has 0 aliphatic carbocycles. The molecule has 12 heteroatoms. The first kappa shape index (κ1) is 27.0. The third kappa shape index (κ3) is 10.5. The van der Waals surface area contributed by atoms with E-state index in [0.29, 0.717) is 0 Å². The topological polar surface area (TPSA) is 230 Å². The van der Waals surface area contributed by atoms with Gasteiger partial charge in [-0.3, -0.25) is 0 Å². The number of carboxylic acid groups (broad SMARTS) is 8. The van der Waals surface area contributed by atoms with Crippen molar-refractivity contribution in [1.82, 2.24) is 0 Å². The van der Waals surface area contributed by atoms with Gasteiger partial charge in [0.05, 0.1) is 0 Å². The Balaban J connectivity index is 0.000000501. The van der Waals surface area contributed by atoms with E-state index in [4.69, 9.17) is 60.0 Å². The smallest absolute Gasteiger partial charge is 0.450 e. The third-order valence-corrected chi connectivity index (χ3v) is 3.39. The van der Waals surface area contributed by atoms with Gasteiger partial charge in [-0.1, -0.05) is 60.7 Å². The molecule has 0 spiro atoms. The summed E-state index contributed by atoms with van der Waals surface area (Å²) in [6, 6.07) is 21.9. The fraction of sp³-hybridized carbons (Fsp3) is 0. The Bertz CT molecular complexity index is 991. The minimum absolute atomic E-state index is 1.34. The maximum absolute atomic E-state index is 8.56. The standard InChI is InChI=1S/C16H10.4CH2O3/c1-3-11-7-9-13-5-2-6-14-10-8-12(4-1)15(11)16(13)14;4*2-1(3)4/h1-10H;4*(H2,2,3,4). The van der Waals surface area contributed by atoms with Crippen molar-refractivity contribution in [2.75, 3.05) is 0 Å². The molecule has 0 saturated heterocycles. The first-order valence-corrected chi connectivity index (χ1v) is 8.16. The summed E-state index contributed by atoms with van der Waals surface area (Å²) in [5, 5.41) is 63.9. The predicted molar refractivity (Wildman–Crippen MR) is 113 cm³/mol. The minimum atomic E-state index is -1.83. The van der Waals surface area contributed by atoms with Crippen LogP contribution >= 0.6 is 0 Å². The van der Waals surface area contributed by atoms with E-state index >= 15 is 0 Å². The fourth-order valence-electron chi connectivity index (χ4n) is 2.67. The summed E-state index contributed by atoms with van der Waals surface area (Å²) in [5.74, 6) is 0. The average molecular weight is 450 g/mol. The molecule has 0 unspecified atom stereocenters. The molecule has 12 nitrogen and oxygen atoms in total. The monoisotopic (exact) mass is 450 g/mol. The van der Waals surface area contributed by atoms with Crippen LogP contribution in [0.15, 0.2) is 60.7 Å². The molecular weight excluding hydrogens is 432 g/mol. The van der Waals surface area contributed by atoms with Crippen molar-refractivity contribution in [2.24, 2.45) is 0 Å². The first-order valence-electron chi connectivity index (χ1n) is 8.16. The first-order chi connectivity index (χ1) is 14.9. The molecule has 0 heterocycles. The van der Waals surface area contributed by atoms with Crippen LogP contribution in [0, 0.1) is 0 Å². The molecule has 0 radical (unpaired) electrons. The summed E-state index contributed by atoms with van der Waals surface area (Å²) in [7, 11) is 0. The molecule has 170 valence electrons. The lowest BCUT2D eigenvalue weighted by Gasteiger charge is -2.09. The van der Waals surface area contributed by atoms with Crippen molar-refractivity contribution >= 4 is 56.9 Å². The number of hydrogen-bond acceptors (Lipinski definition) is 4. The number of carbonyl (C=O) groups is 4. The van der Waals surface area contributed by atoms with Crippen LogP contribution in [0.3, 0.4) is 0 Å². The van der Waals surface area contributed by atoms with Gasteiger partial charge < -0.3 is 40.9 Å². The summed E-state index contributed by atoms with van der Waals surface area (Å²) in [5.41, 5.74) is 0. The van der Waals surface area contributed by atoms with Crippen molar-refractivity contribution in [1.29, 1.82) is 0 Å². The lowest BCUT2D eigenvalue weighted by atomic mass is 9.95. The van der Waals surface area contributed by atoms with Crippen LogP contribution in [0.2, 0.25) is 0 Å². The Morgan fingerprint density at radius 2 is 0.531 bits per heavy atom. The molecule has 4 aromatic carbocycles. The van der Waals surface area contributed by atoms with Gasteiger partial charge in [-0.05, 0) is 32.3 Å². The van der Waals surface area contributed by atoms with Gasteiger partial charge in [-0.25, -0.2) is 19.2 Å². The summed E-state index contributed by atoms with van der Waals surface area (Å²) in [4.78, 5) is 34.2. The van der Waals surface area contributed by atoms with Crippen LogP contribution in [-0.2, 0) is 0 Å². The molecule has 0 aliphatic rings. The highest BCUT2D eigenvalue weighted by atomic mass is 16.6. The number of rotatable bonds is 0. The largest absolute Gasteiger partial charge is 0.503 e. The maximum Gasteiger partial charge on any atom is 0.503 e. The molecule has 0 bridgehead atoms. The third-order valence-electron chi connectivity index (χ3n) is 3.39. The van der Waals surface area contributed by atoms with Crippen molar-refractivity contribution < 1.29 is 60.0 Å². The molecule has 0 amide bonds. The Hall–Kier alpha value is -5.00. The van der Waals surface area contributed by atoms with Gasteiger partial charge in [0, 0.05) is 0 Å². The average Bonchev–Trinajstić information content (AvgIpc) is 2.64. The lowest BCUT2D eigenvalue weighted by Crippen LogP contribution is -1.82. The second-order valence-electron chi connectivity index (χ2n) is 5.42. The van der Waals surface area contributed by atoms with Crippen LogP contribution in [0.4, 0.5) is 19.2 Å². The Kier molecular flexibility index (Phi) is 11.2. The molecule has 0 saturated carbocycles. The van der Waals surface area contributed by atoms with Gasteiger partial charge in [0.1, 0.15) is 0 Å². The van der Waals surface area contributed by atoms with E-state index in [2.05, 4.69) is 60.7 Å². The predicted octanol–water partition coefficient (Wildman–Crippen LogP) is 5.47. The number of hydrogen-bond donors (Lipinski definition) is 8. The highest BCUT2D eigenvalue weighted by Crippen LogP contribution is 2.33. The van der Waals surface area contributed by atoms with E-state index < -0.39 is 24.6 Å². The molecule has 8 N–H and O–H groups in total. The van der Waals surface area contributed by atoms with Crippen LogP contribution in [0.25, 0.3) is 32.3 Å². The number of benzene rings is 4. The highest BCUT2D eigenvalue weighted by Gasteiger charge is 2.05. The zero-order valence-corrected chi connectivity index (χ0v) is 16.0. The zero-order chi connectivity index (χ0) is 24.8. The van der Waals surface area contributed by atoms with Crippen molar-refractivity contribution in [3.63, 3.8) is 0 Å². The fourth-order valence-corrected chi connectivity index (χ4v) is 2.67. The highest BCUT2D eigenvalue weighted by molar-refractivity contribution is 6.22. The van der Waals surface area contributed by atoms with Gasteiger partial charge in [-0.2, -0.15) is 0 Å². The van der Waals surface area contributed by atoms with Crippen molar-refractivity contribution in [2.45, 2.75) is 0 Å². The molecule has 4 aromatic rings. The second kappa shape index (κ2) is 13.3. The molecule has 0 atom stereocenters. The quantitative estimate of drug-likeness (QED) is 0.156. The van der Waals surface area contributed by atoms with E-state index in [9.17, 15) is 0 Å². The van der Waals surface area contributed by atoms with E-state index in [-0.39, 0.29) is 0 Å². The molecule has 4 rings (SSSR count). The summed E-state index contributed by atoms with van der Waals surface area (Å²) >= 11 is 0. The normalized spacial score (nSPS) is 8.88. The molecular formula is C20H18O12. The van der Waals surface area contributed by atoms with Gasteiger partial charge in [0.15, 0.2) is 0 Å². The zero-order valence-electron chi connectivity index (χ0n) is 16.0. The second-order valence-corrected chi connectivity index (χ2v) is 5.42. The summed E-state index contributed by atoms with van der Waals surface area (Å²) in [6.45, 7) is 0. The maximum atomic E-state index is 8.56. The lowest BCUT2D eigenvalue weighted by molar-refractivity contribution is 0.135. The summed E-state index contributed by atoms with van der Waals surface area (Å²) in [6.07, 6.45) is -7.33. The van der Waals surface area contributed by atoms with Crippen molar-refractivity contribution in [3.8, 4) is 0 Å². The summed E-state index contributed by atoms with van der Waals surface area (Å²) < 4.78 is 0. The van der Waals surface area contributed by atoms with E-state index in [0.717, 1.165) is 0 Å².